The molecule has 0 aliphatic carbocycles. The van der Waals surface area contributed by atoms with Crippen molar-refractivity contribution in [3.8, 4) is 0 Å². The summed E-state index contributed by atoms with van der Waals surface area (Å²) in [6.45, 7) is 7.04. The number of Topliss-reactive ketones (excluding diaryl/α,β-unsaturated/α-hetero) is 1. The quantitative estimate of drug-likeness (QED) is 0.911. The summed E-state index contributed by atoms with van der Waals surface area (Å²) < 4.78 is 0. The van der Waals surface area contributed by atoms with Gasteiger partial charge in [-0.2, -0.15) is 0 Å². The first kappa shape index (κ1) is 18.4. The van der Waals surface area contributed by atoms with E-state index in [1.807, 2.05) is 12.1 Å². The fourth-order valence-electron chi connectivity index (χ4n) is 2.66. The van der Waals surface area contributed by atoms with Gasteiger partial charge in [0, 0.05) is 39.0 Å². The molecular weight excluding hydrogens is 296 g/mol. The van der Waals surface area contributed by atoms with Gasteiger partial charge in [0.25, 0.3) is 0 Å². The SMILES string of the molecule is CCN1CCC(=O)CC1.c1ccc(CNCc2ccccc2)cc1. The van der Waals surface area contributed by atoms with Gasteiger partial charge in [0.1, 0.15) is 5.78 Å². The summed E-state index contributed by atoms with van der Waals surface area (Å²) in [5.41, 5.74) is 2.65. The maximum Gasteiger partial charge on any atom is 0.135 e. The Morgan fingerprint density at radius 1 is 0.833 bits per heavy atom. The molecule has 0 spiro atoms. The highest BCUT2D eigenvalue weighted by atomic mass is 16.1. The van der Waals surface area contributed by atoms with Crippen LogP contribution in [0.15, 0.2) is 60.7 Å². The van der Waals surface area contributed by atoms with Crippen LogP contribution in [0.3, 0.4) is 0 Å². The monoisotopic (exact) mass is 324 g/mol. The molecule has 1 aliphatic heterocycles. The van der Waals surface area contributed by atoms with E-state index in [0.717, 1.165) is 45.6 Å². The Labute approximate surface area is 145 Å². The molecule has 2 aromatic rings. The van der Waals surface area contributed by atoms with Crippen LogP contribution in [0.5, 0.6) is 0 Å². The molecule has 1 saturated heterocycles. The molecule has 3 nitrogen and oxygen atoms in total. The van der Waals surface area contributed by atoms with Crippen LogP contribution in [0.4, 0.5) is 0 Å². The second-order valence-corrected chi connectivity index (χ2v) is 6.05. The van der Waals surface area contributed by atoms with Crippen molar-refractivity contribution >= 4 is 5.78 Å². The molecule has 0 bridgehead atoms. The van der Waals surface area contributed by atoms with Crippen molar-refractivity contribution in [1.82, 2.24) is 10.2 Å². The summed E-state index contributed by atoms with van der Waals surface area (Å²) in [7, 11) is 0. The van der Waals surface area contributed by atoms with Crippen molar-refractivity contribution in [3.05, 3.63) is 71.8 Å². The number of ketones is 1. The van der Waals surface area contributed by atoms with E-state index < -0.39 is 0 Å². The highest BCUT2D eigenvalue weighted by molar-refractivity contribution is 5.79. The largest absolute Gasteiger partial charge is 0.309 e. The molecule has 24 heavy (non-hydrogen) atoms. The van der Waals surface area contributed by atoms with Gasteiger partial charge < -0.3 is 10.2 Å². The molecule has 1 aliphatic rings. The van der Waals surface area contributed by atoms with E-state index in [9.17, 15) is 4.79 Å². The number of carbonyl (C=O) groups is 1. The maximum absolute atomic E-state index is 10.7. The van der Waals surface area contributed by atoms with Crippen molar-refractivity contribution in [2.24, 2.45) is 0 Å². The Hall–Kier alpha value is -1.97. The number of carbonyl (C=O) groups excluding carboxylic acids is 1. The molecule has 0 saturated carbocycles. The lowest BCUT2D eigenvalue weighted by Gasteiger charge is -2.23. The Balaban J connectivity index is 0.000000198. The molecule has 1 fully saturated rings. The molecule has 3 rings (SSSR count). The Kier molecular flexibility index (Phi) is 8.22. The molecule has 2 aromatic carbocycles. The Bertz CT molecular complexity index is 534. The van der Waals surface area contributed by atoms with E-state index in [1.54, 1.807) is 0 Å². The summed E-state index contributed by atoms with van der Waals surface area (Å²) in [6.07, 6.45) is 1.54. The summed E-state index contributed by atoms with van der Waals surface area (Å²) in [4.78, 5) is 13.0. The first-order valence-corrected chi connectivity index (χ1v) is 8.80. The van der Waals surface area contributed by atoms with Crippen LogP contribution >= 0.6 is 0 Å². The van der Waals surface area contributed by atoms with E-state index in [1.165, 1.54) is 11.1 Å². The number of piperidine rings is 1. The molecule has 0 unspecified atom stereocenters. The van der Waals surface area contributed by atoms with Gasteiger partial charge in [0.2, 0.25) is 0 Å². The van der Waals surface area contributed by atoms with Gasteiger partial charge in [0.05, 0.1) is 0 Å². The number of hydrogen-bond acceptors (Lipinski definition) is 3. The topological polar surface area (TPSA) is 32.3 Å². The molecule has 3 heteroatoms. The minimum absolute atomic E-state index is 0.430. The number of rotatable bonds is 5. The number of hydrogen-bond donors (Lipinski definition) is 1. The van der Waals surface area contributed by atoms with Crippen molar-refractivity contribution in [1.29, 1.82) is 0 Å². The number of nitrogens with zero attached hydrogens (tertiary/aromatic N) is 1. The summed E-state index contributed by atoms with van der Waals surface area (Å²) >= 11 is 0. The first-order chi connectivity index (χ1) is 11.8. The van der Waals surface area contributed by atoms with Gasteiger partial charge in [-0.25, -0.2) is 0 Å². The second-order valence-electron chi connectivity index (χ2n) is 6.05. The molecule has 0 atom stereocenters. The Morgan fingerprint density at radius 2 is 1.29 bits per heavy atom. The van der Waals surface area contributed by atoms with Crippen LogP contribution in [0.1, 0.15) is 30.9 Å². The van der Waals surface area contributed by atoms with Crippen LogP contribution in [-0.4, -0.2) is 30.3 Å². The third-order valence-corrected chi connectivity index (χ3v) is 4.20. The third kappa shape index (κ3) is 7.07. The molecule has 1 heterocycles. The lowest BCUT2D eigenvalue weighted by molar-refractivity contribution is -0.121. The first-order valence-electron chi connectivity index (χ1n) is 8.80. The van der Waals surface area contributed by atoms with E-state index in [0.29, 0.717) is 5.78 Å². The molecule has 0 aromatic heterocycles. The predicted molar refractivity (Wildman–Crippen MR) is 99.8 cm³/mol. The van der Waals surface area contributed by atoms with E-state index in [-0.39, 0.29) is 0 Å². The van der Waals surface area contributed by atoms with Crippen LogP contribution in [0.25, 0.3) is 0 Å². The van der Waals surface area contributed by atoms with E-state index >= 15 is 0 Å². The Morgan fingerprint density at radius 3 is 1.71 bits per heavy atom. The molecule has 128 valence electrons. The van der Waals surface area contributed by atoms with Crippen molar-refractivity contribution in [2.45, 2.75) is 32.9 Å². The van der Waals surface area contributed by atoms with E-state index in [2.05, 4.69) is 65.7 Å². The number of nitrogens with one attached hydrogen (secondary N) is 1. The zero-order valence-electron chi connectivity index (χ0n) is 14.6. The third-order valence-electron chi connectivity index (χ3n) is 4.20. The summed E-state index contributed by atoms with van der Waals surface area (Å²) in [5.74, 6) is 0.430. The fraction of sp³-hybridized carbons (Fsp3) is 0.381. The maximum atomic E-state index is 10.7. The fourth-order valence-corrected chi connectivity index (χ4v) is 2.66. The summed E-state index contributed by atoms with van der Waals surface area (Å²) in [5, 5.41) is 3.42. The van der Waals surface area contributed by atoms with Crippen molar-refractivity contribution < 1.29 is 4.79 Å². The van der Waals surface area contributed by atoms with Gasteiger partial charge in [-0.3, -0.25) is 4.79 Å². The number of likely N-dealkylation sites (tertiary alicyclic amines) is 1. The average Bonchev–Trinajstić information content (AvgIpc) is 2.65. The highest BCUT2D eigenvalue weighted by Crippen LogP contribution is 2.03. The van der Waals surface area contributed by atoms with Crippen LogP contribution in [0.2, 0.25) is 0 Å². The minimum Gasteiger partial charge on any atom is -0.309 e. The summed E-state index contributed by atoms with van der Waals surface area (Å²) in [6, 6.07) is 20.9. The van der Waals surface area contributed by atoms with Crippen LogP contribution in [0, 0.1) is 0 Å². The minimum atomic E-state index is 0.430. The average molecular weight is 324 g/mol. The molecule has 1 N–H and O–H groups in total. The van der Waals surface area contributed by atoms with Gasteiger partial charge >= 0.3 is 0 Å². The van der Waals surface area contributed by atoms with Gasteiger partial charge in [-0.15, -0.1) is 0 Å². The lowest BCUT2D eigenvalue weighted by Crippen LogP contribution is -2.33. The lowest BCUT2D eigenvalue weighted by atomic mass is 10.1. The van der Waals surface area contributed by atoms with Crippen LogP contribution in [-0.2, 0) is 17.9 Å². The smallest absolute Gasteiger partial charge is 0.135 e. The highest BCUT2D eigenvalue weighted by Gasteiger charge is 2.13. The van der Waals surface area contributed by atoms with Gasteiger partial charge in [-0.1, -0.05) is 67.6 Å². The predicted octanol–water partition coefficient (Wildman–Crippen LogP) is 3.65. The van der Waals surface area contributed by atoms with E-state index in [4.69, 9.17) is 0 Å². The van der Waals surface area contributed by atoms with Crippen molar-refractivity contribution in [2.75, 3.05) is 19.6 Å². The van der Waals surface area contributed by atoms with Crippen LogP contribution < -0.4 is 5.32 Å². The standard InChI is InChI=1S/C14H15N.C7H13NO/c1-3-7-13(8-4-1)11-15-12-14-9-5-2-6-10-14;1-2-8-5-3-7(9)4-6-8/h1-10,15H,11-12H2;2-6H2,1H3. The number of benzene rings is 2. The molecular formula is C21H28N2O. The van der Waals surface area contributed by atoms with Crippen molar-refractivity contribution in [3.63, 3.8) is 0 Å². The molecule has 0 radical (unpaired) electrons. The molecule has 0 amide bonds. The van der Waals surface area contributed by atoms with Gasteiger partial charge in [-0.05, 0) is 17.7 Å². The normalized spacial score (nSPS) is 14.8. The second kappa shape index (κ2) is 10.7. The van der Waals surface area contributed by atoms with Gasteiger partial charge in [0.15, 0.2) is 0 Å². The zero-order chi connectivity index (χ0) is 17.0. The zero-order valence-corrected chi connectivity index (χ0v) is 14.6.